The maximum absolute atomic E-state index is 13.5. The number of H-pyrrole nitrogens is 1. The quantitative estimate of drug-likeness (QED) is 0.863. The Hall–Kier alpha value is -2.37. The number of nitrogens with zero attached hydrogens (tertiary/aromatic N) is 1. The molecule has 5 nitrogen and oxygen atoms in total. The van der Waals surface area contributed by atoms with Crippen molar-refractivity contribution in [3.05, 3.63) is 47.3 Å². The number of rotatable bonds is 5. The second kappa shape index (κ2) is 5.51. The Balaban J connectivity index is 2.10. The summed E-state index contributed by atoms with van der Waals surface area (Å²) < 4.78 is 18.3. The number of carboxylic acids is 1. The van der Waals surface area contributed by atoms with Gasteiger partial charge in [-0.3, -0.25) is 4.79 Å². The van der Waals surface area contributed by atoms with E-state index in [1.807, 2.05) is 0 Å². The fourth-order valence-corrected chi connectivity index (χ4v) is 1.76. The number of aromatic amines is 1. The molecule has 0 aliphatic carbocycles. The Morgan fingerprint density at radius 1 is 1.53 bits per heavy atom. The molecule has 0 saturated heterocycles. The SMILES string of the molecule is COc1ccc(Cc2ncc(CC(=O)O)[nH]2)cc1F. The summed E-state index contributed by atoms with van der Waals surface area (Å²) in [6, 6.07) is 4.66. The van der Waals surface area contributed by atoms with Gasteiger partial charge in [0.15, 0.2) is 11.6 Å². The Morgan fingerprint density at radius 3 is 2.95 bits per heavy atom. The largest absolute Gasteiger partial charge is 0.494 e. The zero-order chi connectivity index (χ0) is 13.8. The van der Waals surface area contributed by atoms with E-state index in [0.29, 0.717) is 17.9 Å². The molecule has 1 aromatic carbocycles. The highest BCUT2D eigenvalue weighted by atomic mass is 19.1. The molecule has 100 valence electrons. The molecular formula is C13H13FN2O3. The molecule has 0 atom stereocenters. The third-order valence-electron chi connectivity index (χ3n) is 2.61. The fourth-order valence-electron chi connectivity index (χ4n) is 1.76. The number of methoxy groups -OCH3 is 1. The molecule has 0 bridgehead atoms. The third kappa shape index (κ3) is 3.31. The number of nitrogens with one attached hydrogen (secondary N) is 1. The molecule has 0 aliphatic rings. The minimum Gasteiger partial charge on any atom is -0.494 e. The van der Waals surface area contributed by atoms with E-state index in [9.17, 15) is 9.18 Å². The van der Waals surface area contributed by atoms with Gasteiger partial charge in [-0.2, -0.15) is 0 Å². The molecular weight excluding hydrogens is 251 g/mol. The Morgan fingerprint density at radius 2 is 2.32 bits per heavy atom. The van der Waals surface area contributed by atoms with Gasteiger partial charge in [0, 0.05) is 18.3 Å². The predicted molar refractivity (Wildman–Crippen MR) is 65.7 cm³/mol. The number of carbonyl (C=O) groups is 1. The van der Waals surface area contributed by atoms with Crippen LogP contribution in [0.25, 0.3) is 0 Å². The molecule has 0 amide bonds. The monoisotopic (exact) mass is 264 g/mol. The molecule has 19 heavy (non-hydrogen) atoms. The average Bonchev–Trinajstić information content (AvgIpc) is 2.76. The topological polar surface area (TPSA) is 75.2 Å². The minimum absolute atomic E-state index is 0.107. The Labute approximate surface area is 109 Å². The summed E-state index contributed by atoms with van der Waals surface area (Å²) in [7, 11) is 1.41. The zero-order valence-electron chi connectivity index (χ0n) is 10.3. The van der Waals surface area contributed by atoms with Crippen LogP contribution in [0.1, 0.15) is 17.1 Å². The number of ether oxygens (including phenoxy) is 1. The second-order valence-corrected chi connectivity index (χ2v) is 4.07. The van der Waals surface area contributed by atoms with Crippen LogP contribution in [0.3, 0.4) is 0 Å². The first-order valence-electron chi connectivity index (χ1n) is 5.65. The molecule has 1 aromatic heterocycles. The van der Waals surface area contributed by atoms with Gasteiger partial charge in [0.1, 0.15) is 5.82 Å². The molecule has 0 unspecified atom stereocenters. The molecule has 0 aliphatic heterocycles. The number of carboxylic acid groups (broad SMARTS) is 1. The first kappa shape index (κ1) is 13.1. The van der Waals surface area contributed by atoms with Gasteiger partial charge in [-0.1, -0.05) is 6.07 Å². The number of hydrogen-bond acceptors (Lipinski definition) is 3. The van der Waals surface area contributed by atoms with E-state index in [-0.39, 0.29) is 12.2 Å². The molecule has 0 spiro atoms. The van der Waals surface area contributed by atoms with E-state index in [1.54, 1.807) is 12.1 Å². The molecule has 0 saturated carbocycles. The molecule has 2 aromatic rings. The maximum Gasteiger partial charge on any atom is 0.309 e. The molecule has 6 heteroatoms. The molecule has 0 fully saturated rings. The maximum atomic E-state index is 13.5. The van der Waals surface area contributed by atoms with E-state index in [4.69, 9.17) is 9.84 Å². The Bertz CT molecular complexity index is 595. The van der Waals surface area contributed by atoms with Crippen LogP contribution in [0.5, 0.6) is 5.75 Å². The van der Waals surface area contributed by atoms with Gasteiger partial charge in [0.05, 0.1) is 13.5 Å². The minimum atomic E-state index is -0.925. The van der Waals surface area contributed by atoms with Crippen molar-refractivity contribution >= 4 is 5.97 Å². The number of aliphatic carboxylic acids is 1. The van der Waals surface area contributed by atoms with Gasteiger partial charge in [-0.25, -0.2) is 9.37 Å². The highest BCUT2D eigenvalue weighted by Gasteiger charge is 2.08. The predicted octanol–water partition coefficient (Wildman–Crippen LogP) is 1.78. The highest BCUT2D eigenvalue weighted by Crippen LogP contribution is 2.19. The van der Waals surface area contributed by atoms with Gasteiger partial charge in [-0.05, 0) is 17.7 Å². The van der Waals surface area contributed by atoms with E-state index in [1.165, 1.54) is 19.4 Å². The van der Waals surface area contributed by atoms with Crippen molar-refractivity contribution in [1.29, 1.82) is 0 Å². The van der Waals surface area contributed by atoms with Crippen LogP contribution in [0.4, 0.5) is 4.39 Å². The number of benzene rings is 1. The van der Waals surface area contributed by atoms with E-state index in [0.717, 1.165) is 5.56 Å². The smallest absolute Gasteiger partial charge is 0.309 e. The third-order valence-corrected chi connectivity index (χ3v) is 2.61. The second-order valence-electron chi connectivity index (χ2n) is 4.07. The lowest BCUT2D eigenvalue weighted by Crippen LogP contribution is -2.00. The van der Waals surface area contributed by atoms with Crippen LogP contribution in [0.2, 0.25) is 0 Å². The highest BCUT2D eigenvalue weighted by molar-refractivity contribution is 5.69. The number of aromatic nitrogens is 2. The first-order chi connectivity index (χ1) is 9.08. The fraction of sp³-hybridized carbons (Fsp3) is 0.231. The lowest BCUT2D eigenvalue weighted by atomic mass is 10.1. The van der Waals surface area contributed by atoms with E-state index >= 15 is 0 Å². The average molecular weight is 264 g/mol. The molecule has 1 heterocycles. The van der Waals surface area contributed by atoms with Crippen LogP contribution in [-0.2, 0) is 17.6 Å². The van der Waals surface area contributed by atoms with Crippen LogP contribution in [-0.4, -0.2) is 28.2 Å². The van der Waals surface area contributed by atoms with Crippen molar-refractivity contribution in [2.24, 2.45) is 0 Å². The zero-order valence-corrected chi connectivity index (χ0v) is 10.3. The van der Waals surface area contributed by atoms with Crippen molar-refractivity contribution in [2.75, 3.05) is 7.11 Å². The van der Waals surface area contributed by atoms with Gasteiger partial charge in [0.25, 0.3) is 0 Å². The summed E-state index contributed by atoms with van der Waals surface area (Å²) in [5.74, 6) is -0.571. The first-order valence-corrected chi connectivity index (χ1v) is 5.65. The Kier molecular flexibility index (Phi) is 3.79. The lowest BCUT2D eigenvalue weighted by molar-refractivity contribution is -0.136. The number of imidazole rings is 1. The van der Waals surface area contributed by atoms with Crippen molar-refractivity contribution in [2.45, 2.75) is 12.8 Å². The molecule has 0 radical (unpaired) electrons. The van der Waals surface area contributed by atoms with Gasteiger partial charge < -0.3 is 14.8 Å². The van der Waals surface area contributed by atoms with Gasteiger partial charge in [-0.15, -0.1) is 0 Å². The van der Waals surface area contributed by atoms with Crippen LogP contribution < -0.4 is 4.74 Å². The van der Waals surface area contributed by atoms with Gasteiger partial charge in [0.2, 0.25) is 0 Å². The molecule has 2 N–H and O–H groups in total. The van der Waals surface area contributed by atoms with Crippen molar-refractivity contribution in [3.63, 3.8) is 0 Å². The summed E-state index contributed by atoms with van der Waals surface area (Å²) >= 11 is 0. The van der Waals surface area contributed by atoms with E-state index < -0.39 is 11.8 Å². The van der Waals surface area contributed by atoms with Crippen LogP contribution in [0.15, 0.2) is 24.4 Å². The summed E-state index contributed by atoms with van der Waals surface area (Å²) in [6.07, 6.45) is 1.77. The molecule has 2 rings (SSSR count). The standard InChI is InChI=1S/C13H13FN2O3/c1-19-11-3-2-8(4-10(11)14)5-12-15-7-9(16-12)6-13(17)18/h2-4,7H,5-6H2,1H3,(H,15,16)(H,17,18). The van der Waals surface area contributed by atoms with Crippen molar-refractivity contribution in [3.8, 4) is 5.75 Å². The number of hydrogen-bond donors (Lipinski definition) is 2. The van der Waals surface area contributed by atoms with Crippen molar-refractivity contribution < 1.29 is 19.0 Å². The van der Waals surface area contributed by atoms with E-state index in [2.05, 4.69) is 9.97 Å². The summed E-state index contributed by atoms with van der Waals surface area (Å²) in [5.41, 5.74) is 1.26. The normalized spacial score (nSPS) is 10.4. The van der Waals surface area contributed by atoms with Crippen molar-refractivity contribution in [1.82, 2.24) is 9.97 Å². The summed E-state index contributed by atoms with van der Waals surface area (Å²) in [4.78, 5) is 17.5. The summed E-state index contributed by atoms with van der Waals surface area (Å²) in [5, 5.41) is 8.65. The lowest BCUT2D eigenvalue weighted by Gasteiger charge is -2.03. The van der Waals surface area contributed by atoms with Crippen LogP contribution >= 0.6 is 0 Å². The summed E-state index contributed by atoms with van der Waals surface area (Å²) in [6.45, 7) is 0. The number of halogens is 1. The van der Waals surface area contributed by atoms with Gasteiger partial charge >= 0.3 is 5.97 Å². The van der Waals surface area contributed by atoms with Crippen LogP contribution in [0, 0.1) is 5.82 Å².